The minimum Gasteiger partial charge on any atom is -0.494 e. The molecule has 0 aromatic heterocycles. The number of nitrogens with one attached hydrogen (secondary N) is 1. The Hall–Kier alpha value is -2.75. The number of carbonyl (C=O) groups is 1. The van der Waals surface area contributed by atoms with Gasteiger partial charge in [-0.2, -0.15) is 0 Å². The molecule has 0 atom stereocenters. The summed E-state index contributed by atoms with van der Waals surface area (Å²) in [6.45, 7) is 3.27. The maximum atomic E-state index is 11.3. The highest BCUT2D eigenvalue weighted by molar-refractivity contribution is 5.94. The summed E-state index contributed by atoms with van der Waals surface area (Å²) in [5.41, 5.74) is 4.72. The lowest BCUT2D eigenvalue weighted by molar-refractivity contribution is -0.132. The monoisotopic (exact) mass is 323 g/mol. The molecule has 4 nitrogen and oxygen atoms in total. The average Bonchev–Trinajstić information content (AvgIpc) is 2.79. The SMILES string of the molecule is CCOc1ccc(Cc2ccc3c(c2)C=C(C(=O)O)CCN3)cc1. The number of hydrogen-bond donors (Lipinski definition) is 2. The molecule has 0 saturated heterocycles. The van der Waals surface area contributed by atoms with Gasteiger partial charge in [0.05, 0.1) is 6.61 Å². The van der Waals surface area contributed by atoms with Gasteiger partial charge in [0.15, 0.2) is 0 Å². The van der Waals surface area contributed by atoms with Crippen LogP contribution in [-0.4, -0.2) is 24.2 Å². The molecule has 0 radical (unpaired) electrons. The molecule has 124 valence electrons. The standard InChI is InChI=1S/C20H21NO3/c1-2-24-18-6-3-14(4-7-18)11-15-5-8-19-17(12-15)13-16(20(22)23)9-10-21-19/h3-8,12-13,21H,2,9-11H2,1H3,(H,22,23). The number of fused-ring (bicyclic) bond motifs is 1. The highest BCUT2D eigenvalue weighted by atomic mass is 16.5. The minimum atomic E-state index is -0.846. The van der Waals surface area contributed by atoms with E-state index in [-0.39, 0.29) is 0 Å². The predicted octanol–water partition coefficient (Wildman–Crippen LogP) is 3.96. The van der Waals surface area contributed by atoms with Gasteiger partial charge in [0.1, 0.15) is 5.75 Å². The van der Waals surface area contributed by atoms with Gasteiger partial charge in [-0.25, -0.2) is 4.79 Å². The molecule has 3 rings (SSSR count). The van der Waals surface area contributed by atoms with Crippen molar-refractivity contribution in [2.45, 2.75) is 19.8 Å². The van der Waals surface area contributed by atoms with Gasteiger partial charge in [0.25, 0.3) is 0 Å². The van der Waals surface area contributed by atoms with Crippen LogP contribution in [0.3, 0.4) is 0 Å². The second-order valence-electron chi connectivity index (χ2n) is 5.83. The molecule has 1 aliphatic heterocycles. The lowest BCUT2D eigenvalue weighted by Crippen LogP contribution is -2.05. The Morgan fingerprint density at radius 1 is 1.17 bits per heavy atom. The summed E-state index contributed by atoms with van der Waals surface area (Å²) in [6.07, 6.45) is 3.10. The van der Waals surface area contributed by atoms with E-state index >= 15 is 0 Å². The maximum absolute atomic E-state index is 11.3. The van der Waals surface area contributed by atoms with Crippen LogP contribution in [0.25, 0.3) is 6.08 Å². The molecule has 2 N–H and O–H groups in total. The summed E-state index contributed by atoms with van der Waals surface area (Å²) in [6, 6.07) is 14.3. The van der Waals surface area contributed by atoms with Crippen LogP contribution in [0, 0.1) is 0 Å². The van der Waals surface area contributed by atoms with Gasteiger partial charge in [-0.3, -0.25) is 0 Å². The molecule has 0 amide bonds. The molecule has 2 aromatic carbocycles. The topological polar surface area (TPSA) is 58.6 Å². The second-order valence-corrected chi connectivity index (χ2v) is 5.83. The van der Waals surface area contributed by atoms with Crippen LogP contribution in [0.5, 0.6) is 5.75 Å². The van der Waals surface area contributed by atoms with E-state index in [2.05, 4.69) is 29.6 Å². The van der Waals surface area contributed by atoms with Crippen LogP contribution in [0.4, 0.5) is 5.69 Å². The lowest BCUT2D eigenvalue weighted by Gasteiger charge is -2.10. The van der Waals surface area contributed by atoms with Crippen LogP contribution in [0.15, 0.2) is 48.0 Å². The fourth-order valence-corrected chi connectivity index (χ4v) is 2.87. The van der Waals surface area contributed by atoms with Gasteiger partial charge in [0.2, 0.25) is 0 Å². The summed E-state index contributed by atoms with van der Waals surface area (Å²) >= 11 is 0. The second kappa shape index (κ2) is 7.21. The molecule has 24 heavy (non-hydrogen) atoms. The van der Waals surface area contributed by atoms with E-state index in [0.717, 1.165) is 29.0 Å². The van der Waals surface area contributed by atoms with Crippen molar-refractivity contribution in [1.82, 2.24) is 0 Å². The fourth-order valence-electron chi connectivity index (χ4n) is 2.87. The van der Waals surface area contributed by atoms with Gasteiger partial charge < -0.3 is 15.2 Å². The van der Waals surface area contributed by atoms with Gasteiger partial charge in [-0.1, -0.05) is 18.2 Å². The molecule has 0 saturated carbocycles. The van der Waals surface area contributed by atoms with Crippen LogP contribution >= 0.6 is 0 Å². The highest BCUT2D eigenvalue weighted by Gasteiger charge is 2.13. The average molecular weight is 323 g/mol. The Morgan fingerprint density at radius 3 is 2.62 bits per heavy atom. The molecule has 0 unspecified atom stereocenters. The Bertz CT molecular complexity index is 763. The van der Waals surface area contributed by atoms with E-state index in [4.69, 9.17) is 4.74 Å². The fraction of sp³-hybridized carbons (Fsp3) is 0.250. The molecule has 0 fully saturated rings. The van der Waals surface area contributed by atoms with Crippen molar-refractivity contribution in [2.24, 2.45) is 0 Å². The number of ether oxygens (including phenoxy) is 1. The smallest absolute Gasteiger partial charge is 0.331 e. The van der Waals surface area contributed by atoms with E-state index in [1.54, 1.807) is 6.08 Å². The van der Waals surface area contributed by atoms with E-state index in [1.165, 1.54) is 5.56 Å². The van der Waals surface area contributed by atoms with Crippen LogP contribution in [-0.2, 0) is 11.2 Å². The number of carboxylic acids is 1. The molecule has 4 heteroatoms. The largest absolute Gasteiger partial charge is 0.494 e. The van der Waals surface area contributed by atoms with Crippen molar-refractivity contribution in [3.05, 3.63) is 64.7 Å². The third-order valence-electron chi connectivity index (χ3n) is 4.07. The summed E-state index contributed by atoms with van der Waals surface area (Å²) in [4.78, 5) is 11.3. The van der Waals surface area contributed by atoms with Crippen molar-refractivity contribution >= 4 is 17.7 Å². The highest BCUT2D eigenvalue weighted by Crippen LogP contribution is 2.26. The zero-order valence-electron chi connectivity index (χ0n) is 13.7. The molecular formula is C20H21NO3. The van der Waals surface area contributed by atoms with Crippen molar-refractivity contribution in [3.8, 4) is 5.75 Å². The quantitative estimate of drug-likeness (QED) is 0.874. The predicted molar refractivity (Wildman–Crippen MR) is 95.6 cm³/mol. The normalized spacial score (nSPS) is 13.3. The lowest BCUT2D eigenvalue weighted by atomic mass is 10.0. The molecule has 0 bridgehead atoms. The van der Waals surface area contributed by atoms with Crippen molar-refractivity contribution in [3.63, 3.8) is 0 Å². The number of carboxylic acid groups (broad SMARTS) is 1. The molecule has 2 aromatic rings. The zero-order chi connectivity index (χ0) is 16.9. The first-order chi connectivity index (χ1) is 11.7. The van der Waals surface area contributed by atoms with Gasteiger partial charge in [0, 0.05) is 17.8 Å². The molecule has 0 aliphatic carbocycles. The summed E-state index contributed by atoms with van der Waals surface area (Å²) < 4.78 is 5.46. The number of aliphatic carboxylic acids is 1. The van der Waals surface area contributed by atoms with E-state index in [9.17, 15) is 9.90 Å². The summed E-state index contributed by atoms with van der Waals surface area (Å²) in [7, 11) is 0. The number of hydrogen-bond acceptors (Lipinski definition) is 3. The van der Waals surface area contributed by atoms with Crippen LogP contribution in [0.2, 0.25) is 0 Å². The summed E-state index contributed by atoms with van der Waals surface area (Å²) in [5.74, 6) is 0.0305. The first-order valence-corrected chi connectivity index (χ1v) is 8.18. The Kier molecular flexibility index (Phi) is 4.85. The van der Waals surface area contributed by atoms with Crippen molar-refractivity contribution in [1.29, 1.82) is 0 Å². The Balaban J connectivity index is 1.82. The zero-order valence-corrected chi connectivity index (χ0v) is 13.7. The minimum absolute atomic E-state index is 0.444. The molecule has 1 heterocycles. The number of rotatable bonds is 5. The van der Waals surface area contributed by atoms with E-state index in [1.807, 2.05) is 25.1 Å². The maximum Gasteiger partial charge on any atom is 0.331 e. The molecule has 1 aliphatic rings. The summed E-state index contributed by atoms with van der Waals surface area (Å²) in [5, 5.41) is 12.5. The van der Waals surface area contributed by atoms with E-state index < -0.39 is 5.97 Å². The van der Waals surface area contributed by atoms with Gasteiger partial charge in [-0.05, 0) is 66.8 Å². The first-order valence-electron chi connectivity index (χ1n) is 8.18. The van der Waals surface area contributed by atoms with Gasteiger partial charge in [-0.15, -0.1) is 0 Å². The molecular weight excluding hydrogens is 302 g/mol. The number of benzene rings is 2. The third kappa shape index (κ3) is 3.77. The third-order valence-corrected chi connectivity index (χ3v) is 4.07. The van der Waals surface area contributed by atoms with E-state index in [0.29, 0.717) is 25.1 Å². The Morgan fingerprint density at radius 2 is 1.92 bits per heavy atom. The first kappa shape index (κ1) is 16.1. The number of anilines is 1. The van der Waals surface area contributed by atoms with Crippen LogP contribution in [0.1, 0.15) is 30.0 Å². The molecule has 0 spiro atoms. The van der Waals surface area contributed by atoms with Crippen molar-refractivity contribution in [2.75, 3.05) is 18.5 Å². The van der Waals surface area contributed by atoms with Crippen molar-refractivity contribution < 1.29 is 14.6 Å². The van der Waals surface area contributed by atoms with Gasteiger partial charge >= 0.3 is 5.97 Å². The van der Waals surface area contributed by atoms with Crippen LogP contribution < -0.4 is 10.1 Å². The Labute approximate surface area is 141 Å².